The fraction of sp³-hybridized carbons (Fsp3) is 0.417. The topological polar surface area (TPSA) is 29.9 Å². The van der Waals surface area contributed by atoms with Crippen molar-refractivity contribution in [2.24, 2.45) is 7.05 Å². The molecule has 3 nitrogen and oxygen atoms in total. The number of likely N-dealkylation sites (N-methyl/N-ethyl adjacent to an activating group) is 1. The first-order valence-electron chi connectivity index (χ1n) is 5.28. The van der Waals surface area contributed by atoms with Gasteiger partial charge in [0.15, 0.2) is 0 Å². The number of nitrogens with zero attached hydrogens (tertiary/aromatic N) is 2. The molecule has 1 heterocycles. The Morgan fingerprint density at radius 1 is 1.47 bits per heavy atom. The zero-order valence-corrected chi connectivity index (χ0v) is 9.49. The third-order valence-corrected chi connectivity index (χ3v) is 2.72. The van der Waals surface area contributed by atoms with Gasteiger partial charge in [0.05, 0.1) is 5.52 Å². The van der Waals surface area contributed by atoms with Gasteiger partial charge in [-0.25, -0.2) is 0 Å². The molecule has 0 radical (unpaired) electrons. The lowest BCUT2D eigenvalue weighted by molar-refractivity contribution is 0.609. The Labute approximate surface area is 90.1 Å². The third-order valence-electron chi connectivity index (χ3n) is 2.72. The monoisotopic (exact) mass is 203 g/mol. The zero-order chi connectivity index (χ0) is 10.8. The van der Waals surface area contributed by atoms with Crippen molar-refractivity contribution in [3.8, 4) is 0 Å². The molecule has 0 bridgehead atoms. The van der Waals surface area contributed by atoms with Crippen LogP contribution < -0.4 is 5.32 Å². The molecule has 1 aromatic heterocycles. The highest BCUT2D eigenvalue weighted by molar-refractivity contribution is 5.78. The van der Waals surface area contributed by atoms with Crippen molar-refractivity contribution >= 4 is 10.9 Å². The second kappa shape index (κ2) is 4.03. The summed E-state index contributed by atoms with van der Waals surface area (Å²) in [6.07, 6.45) is 3.12. The molecular formula is C12H17N3. The second-order valence-corrected chi connectivity index (χ2v) is 4.09. The zero-order valence-electron chi connectivity index (χ0n) is 9.49. The van der Waals surface area contributed by atoms with Crippen molar-refractivity contribution in [3.63, 3.8) is 0 Å². The first-order chi connectivity index (χ1) is 7.19. The molecule has 2 aromatic rings. The van der Waals surface area contributed by atoms with Crippen molar-refractivity contribution in [2.45, 2.75) is 19.4 Å². The summed E-state index contributed by atoms with van der Waals surface area (Å²) in [5, 5.41) is 8.82. The number of fused-ring (bicyclic) bond motifs is 1. The number of aromatic nitrogens is 2. The maximum Gasteiger partial charge on any atom is 0.0923 e. The van der Waals surface area contributed by atoms with Crippen LogP contribution in [-0.4, -0.2) is 22.9 Å². The Balaban J connectivity index is 2.30. The number of rotatable bonds is 3. The minimum absolute atomic E-state index is 0.513. The molecule has 0 aliphatic heterocycles. The van der Waals surface area contributed by atoms with E-state index >= 15 is 0 Å². The van der Waals surface area contributed by atoms with Crippen molar-refractivity contribution in [3.05, 3.63) is 30.0 Å². The van der Waals surface area contributed by atoms with Crippen LogP contribution in [0.4, 0.5) is 0 Å². The fourth-order valence-corrected chi connectivity index (χ4v) is 1.78. The van der Waals surface area contributed by atoms with Gasteiger partial charge in [-0.15, -0.1) is 0 Å². The van der Waals surface area contributed by atoms with E-state index in [1.165, 1.54) is 10.9 Å². The predicted octanol–water partition coefficient (Wildman–Crippen LogP) is 1.72. The summed E-state index contributed by atoms with van der Waals surface area (Å²) < 4.78 is 1.86. The highest BCUT2D eigenvalue weighted by Crippen LogP contribution is 2.15. The lowest BCUT2D eigenvalue weighted by Crippen LogP contribution is -2.23. The van der Waals surface area contributed by atoms with E-state index < -0.39 is 0 Å². The predicted molar refractivity (Wildman–Crippen MR) is 62.9 cm³/mol. The van der Waals surface area contributed by atoms with Crippen LogP contribution in [0, 0.1) is 0 Å². The molecule has 0 saturated heterocycles. The minimum atomic E-state index is 0.513. The number of aryl methyl sites for hydroxylation is 1. The normalized spacial score (nSPS) is 13.3. The van der Waals surface area contributed by atoms with Crippen molar-refractivity contribution in [1.82, 2.24) is 15.1 Å². The third kappa shape index (κ3) is 2.18. The summed E-state index contributed by atoms with van der Waals surface area (Å²) >= 11 is 0. The van der Waals surface area contributed by atoms with Crippen LogP contribution in [0.1, 0.15) is 12.5 Å². The van der Waals surface area contributed by atoms with E-state index in [2.05, 4.69) is 41.7 Å². The van der Waals surface area contributed by atoms with Gasteiger partial charge in [0.1, 0.15) is 0 Å². The highest BCUT2D eigenvalue weighted by atomic mass is 15.2. The van der Waals surface area contributed by atoms with E-state index in [0.29, 0.717) is 6.04 Å². The number of nitrogens with one attached hydrogen (secondary N) is 1. The highest BCUT2D eigenvalue weighted by Gasteiger charge is 2.03. The van der Waals surface area contributed by atoms with Gasteiger partial charge < -0.3 is 5.32 Å². The Hall–Kier alpha value is -1.35. The van der Waals surface area contributed by atoms with Gasteiger partial charge in [-0.2, -0.15) is 5.10 Å². The molecule has 80 valence electrons. The Kier molecular flexibility index (Phi) is 2.73. The molecule has 2 rings (SSSR count). The first kappa shape index (κ1) is 10.2. The SMILES string of the molecule is CNC(C)Cc1ccc2nn(C)cc2c1. The summed E-state index contributed by atoms with van der Waals surface area (Å²) in [6.45, 7) is 2.19. The molecule has 0 spiro atoms. The Morgan fingerprint density at radius 2 is 2.27 bits per heavy atom. The van der Waals surface area contributed by atoms with Crippen LogP contribution in [0.25, 0.3) is 10.9 Å². The summed E-state index contributed by atoms with van der Waals surface area (Å²) in [7, 11) is 3.95. The Bertz CT molecular complexity index is 459. The lowest BCUT2D eigenvalue weighted by Gasteiger charge is -2.09. The van der Waals surface area contributed by atoms with Crippen LogP contribution in [0.15, 0.2) is 24.4 Å². The minimum Gasteiger partial charge on any atom is -0.317 e. The van der Waals surface area contributed by atoms with Gasteiger partial charge in [-0.1, -0.05) is 6.07 Å². The molecule has 1 atom stereocenters. The largest absolute Gasteiger partial charge is 0.317 e. The van der Waals surface area contributed by atoms with Gasteiger partial charge in [-0.05, 0) is 38.1 Å². The van der Waals surface area contributed by atoms with Crippen LogP contribution >= 0.6 is 0 Å². The number of hydrogen-bond donors (Lipinski definition) is 1. The molecule has 0 saturated carbocycles. The summed E-state index contributed by atoms with van der Waals surface area (Å²) in [5.41, 5.74) is 2.43. The number of hydrogen-bond acceptors (Lipinski definition) is 2. The van der Waals surface area contributed by atoms with E-state index in [0.717, 1.165) is 11.9 Å². The van der Waals surface area contributed by atoms with Crippen molar-refractivity contribution in [1.29, 1.82) is 0 Å². The molecule has 3 heteroatoms. The standard InChI is InChI=1S/C12H17N3/c1-9(13-2)6-10-4-5-12-11(7-10)8-15(3)14-12/h4-5,7-9,13H,6H2,1-3H3. The van der Waals surface area contributed by atoms with E-state index in [-0.39, 0.29) is 0 Å². The molecule has 0 aliphatic carbocycles. The van der Waals surface area contributed by atoms with Gasteiger partial charge in [0.2, 0.25) is 0 Å². The Morgan fingerprint density at radius 3 is 3.00 bits per heavy atom. The van der Waals surface area contributed by atoms with E-state index in [1.54, 1.807) is 0 Å². The van der Waals surface area contributed by atoms with Gasteiger partial charge in [0.25, 0.3) is 0 Å². The maximum absolute atomic E-state index is 4.35. The molecule has 15 heavy (non-hydrogen) atoms. The smallest absolute Gasteiger partial charge is 0.0923 e. The molecule has 0 amide bonds. The van der Waals surface area contributed by atoms with Gasteiger partial charge >= 0.3 is 0 Å². The quantitative estimate of drug-likeness (QED) is 0.823. The summed E-state index contributed by atoms with van der Waals surface area (Å²) in [4.78, 5) is 0. The van der Waals surface area contributed by atoms with Crippen LogP contribution in [0.2, 0.25) is 0 Å². The second-order valence-electron chi connectivity index (χ2n) is 4.09. The summed E-state index contributed by atoms with van der Waals surface area (Å²) in [5.74, 6) is 0. The molecule has 0 aliphatic rings. The van der Waals surface area contributed by atoms with E-state index in [9.17, 15) is 0 Å². The van der Waals surface area contributed by atoms with E-state index in [1.807, 2.05) is 18.8 Å². The summed E-state index contributed by atoms with van der Waals surface area (Å²) in [6, 6.07) is 6.98. The molecule has 0 fully saturated rings. The first-order valence-corrected chi connectivity index (χ1v) is 5.28. The van der Waals surface area contributed by atoms with Crippen molar-refractivity contribution < 1.29 is 0 Å². The average molecular weight is 203 g/mol. The fourth-order valence-electron chi connectivity index (χ4n) is 1.78. The van der Waals surface area contributed by atoms with Crippen LogP contribution in [-0.2, 0) is 13.5 Å². The van der Waals surface area contributed by atoms with Gasteiger partial charge in [-0.3, -0.25) is 4.68 Å². The van der Waals surface area contributed by atoms with Crippen LogP contribution in [0.5, 0.6) is 0 Å². The average Bonchev–Trinajstić information content (AvgIpc) is 2.57. The van der Waals surface area contributed by atoms with Crippen molar-refractivity contribution in [2.75, 3.05) is 7.05 Å². The lowest BCUT2D eigenvalue weighted by atomic mass is 10.1. The maximum atomic E-state index is 4.35. The molecule has 1 aromatic carbocycles. The number of benzene rings is 1. The van der Waals surface area contributed by atoms with E-state index in [4.69, 9.17) is 0 Å². The molecule has 1 N–H and O–H groups in total. The van der Waals surface area contributed by atoms with Gasteiger partial charge in [0, 0.05) is 24.7 Å². The van der Waals surface area contributed by atoms with Crippen LogP contribution in [0.3, 0.4) is 0 Å². The molecular weight excluding hydrogens is 186 g/mol. The molecule has 1 unspecified atom stereocenters.